The number of rotatable bonds is 2. The molecule has 0 unspecified atom stereocenters. The summed E-state index contributed by atoms with van der Waals surface area (Å²) >= 11 is 0. The van der Waals surface area contributed by atoms with Crippen molar-refractivity contribution in [3.8, 4) is 5.75 Å². The molecule has 0 saturated heterocycles. The monoisotopic (exact) mass is 218 g/mol. The van der Waals surface area contributed by atoms with E-state index in [1.54, 1.807) is 6.07 Å². The Morgan fingerprint density at radius 3 is 2.75 bits per heavy atom. The molecular formula is C12H15BO3. The normalized spacial score (nSPS) is 14.5. The van der Waals surface area contributed by atoms with Gasteiger partial charge in [0.1, 0.15) is 5.75 Å². The van der Waals surface area contributed by atoms with Gasteiger partial charge in [0, 0.05) is 6.32 Å². The molecule has 4 heteroatoms. The lowest BCUT2D eigenvalue weighted by atomic mass is 9.77. The predicted molar refractivity (Wildman–Crippen MR) is 62.6 cm³/mol. The summed E-state index contributed by atoms with van der Waals surface area (Å²) in [7, 11) is -0.443. The summed E-state index contributed by atoms with van der Waals surface area (Å²) in [6.45, 7) is 6.12. The van der Waals surface area contributed by atoms with Crippen LogP contribution >= 0.6 is 0 Å². The van der Waals surface area contributed by atoms with Crippen molar-refractivity contribution in [3.63, 3.8) is 0 Å². The third-order valence-corrected chi connectivity index (χ3v) is 2.52. The molecule has 3 nitrogen and oxygen atoms in total. The molecule has 0 aromatic heterocycles. The van der Waals surface area contributed by atoms with Crippen molar-refractivity contribution in [2.75, 3.05) is 0 Å². The maximum Gasteiger partial charge on any atom is 0.597 e. The molecule has 0 amide bonds. The van der Waals surface area contributed by atoms with Crippen molar-refractivity contribution in [1.29, 1.82) is 0 Å². The lowest BCUT2D eigenvalue weighted by Crippen LogP contribution is -2.35. The lowest BCUT2D eigenvalue weighted by molar-refractivity contribution is 0.0676. The fraction of sp³-hybridized carbons (Fsp3) is 0.417. The van der Waals surface area contributed by atoms with Gasteiger partial charge in [-0.1, -0.05) is 19.9 Å². The average Bonchev–Trinajstić information content (AvgIpc) is 2.15. The molecule has 1 aliphatic heterocycles. The van der Waals surface area contributed by atoms with Crippen LogP contribution in [0, 0.1) is 12.8 Å². The summed E-state index contributed by atoms with van der Waals surface area (Å²) < 4.78 is 10.9. The second-order valence-electron chi connectivity index (χ2n) is 4.58. The largest absolute Gasteiger partial charge is 0.597 e. The highest BCUT2D eigenvalue weighted by atomic mass is 16.6. The van der Waals surface area contributed by atoms with Gasteiger partial charge in [0.05, 0.1) is 5.56 Å². The fourth-order valence-electron chi connectivity index (χ4n) is 1.73. The Bertz CT molecular complexity index is 415. The van der Waals surface area contributed by atoms with E-state index in [-0.39, 0.29) is 5.97 Å². The van der Waals surface area contributed by atoms with Crippen molar-refractivity contribution in [2.45, 2.75) is 27.1 Å². The molecule has 0 aliphatic carbocycles. The Kier molecular flexibility index (Phi) is 2.90. The number of carbonyl (C=O) groups excluding carboxylic acids is 1. The fourth-order valence-corrected chi connectivity index (χ4v) is 1.73. The number of fused-ring (bicyclic) bond motifs is 1. The van der Waals surface area contributed by atoms with Crippen LogP contribution in [-0.2, 0) is 4.65 Å². The lowest BCUT2D eigenvalue weighted by Gasteiger charge is -2.23. The minimum absolute atomic E-state index is 0.285. The Morgan fingerprint density at radius 1 is 1.31 bits per heavy atom. The van der Waals surface area contributed by atoms with Crippen LogP contribution in [0.3, 0.4) is 0 Å². The summed E-state index contributed by atoms with van der Waals surface area (Å²) in [5.74, 6) is 0.790. The van der Waals surface area contributed by atoms with Crippen molar-refractivity contribution < 1.29 is 14.1 Å². The molecule has 0 spiro atoms. The molecule has 1 aromatic carbocycles. The van der Waals surface area contributed by atoms with Crippen LogP contribution in [0.5, 0.6) is 5.75 Å². The van der Waals surface area contributed by atoms with E-state index in [1.807, 2.05) is 19.1 Å². The maximum absolute atomic E-state index is 11.7. The van der Waals surface area contributed by atoms with Gasteiger partial charge in [0.2, 0.25) is 0 Å². The van der Waals surface area contributed by atoms with Crippen molar-refractivity contribution >= 4 is 13.1 Å². The number of hydrogen-bond acceptors (Lipinski definition) is 3. The minimum Gasteiger partial charge on any atom is -0.525 e. The van der Waals surface area contributed by atoms with Gasteiger partial charge in [-0.2, -0.15) is 0 Å². The smallest absolute Gasteiger partial charge is 0.525 e. The summed E-state index contributed by atoms with van der Waals surface area (Å²) in [6.07, 6.45) is 0.721. The van der Waals surface area contributed by atoms with Crippen molar-refractivity contribution in [3.05, 3.63) is 29.3 Å². The highest BCUT2D eigenvalue weighted by Crippen LogP contribution is 2.27. The van der Waals surface area contributed by atoms with Crippen LogP contribution in [0.1, 0.15) is 29.8 Å². The first kappa shape index (κ1) is 11.1. The standard InChI is InChI=1S/C12H15BO3/c1-8(2)7-13-15-11-6-9(3)4-5-10(11)12(14)16-13/h4-6,8H,7H2,1-3H3. The van der Waals surface area contributed by atoms with Crippen LogP contribution in [-0.4, -0.2) is 13.1 Å². The molecule has 0 N–H and O–H groups in total. The number of aryl methyl sites for hydroxylation is 1. The molecule has 16 heavy (non-hydrogen) atoms. The van der Waals surface area contributed by atoms with Crippen LogP contribution < -0.4 is 4.65 Å². The first-order chi connectivity index (χ1) is 7.56. The van der Waals surface area contributed by atoms with E-state index < -0.39 is 7.12 Å². The second-order valence-corrected chi connectivity index (χ2v) is 4.58. The Balaban J connectivity index is 2.24. The zero-order valence-corrected chi connectivity index (χ0v) is 9.82. The van der Waals surface area contributed by atoms with Crippen LogP contribution in [0.15, 0.2) is 18.2 Å². The Hall–Kier alpha value is -1.45. The van der Waals surface area contributed by atoms with Gasteiger partial charge in [-0.15, -0.1) is 0 Å². The summed E-state index contributed by atoms with van der Waals surface area (Å²) in [5, 5.41) is 0. The summed E-state index contributed by atoms with van der Waals surface area (Å²) in [4.78, 5) is 11.7. The van der Waals surface area contributed by atoms with Crippen molar-refractivity contribution in [2.24, 2.45) is 5.92 Å². The molecule has 1 aromatic rings. The molecule has 0 radical (unpaired) electrons. The molecular weight excluding hydrogens is 203 g/mol. The summed E-state index contributed by atoms with van der Waals surface area (Å²) in [6, 6.07) is 5.51. The van der Waals surface area contributed by atoms with Gasteiger partial charge in [-0.25, -0.2) is 4.79 Å². The zero-order chi connectivity index (χ0) is 11.7. The summed E-state index contributed by atoms with van der Waals surface area (Å²) in [5.41, 5.74) is 1.60. The van der Waals surface area contributed by atoms with Gasteiger partial charge >= 0.3 is 13.1 Å². The Labute approximate surface area is 95.9 Å². The van der Waals surface area contributed by atoms with E-state index in [4.69, 9.17) is 9.31 Å². The van der Waals surface area contributed by atoms with E-state index in [0.29, 0.717) is 17.2 Å². The first-order valence-electron chi connectivity index (χ1n) is 5.54. The third-order valence-electron chi connectivity index (χ3n) is 2.52. The van der Waals surface area contributed by atoms with E-state index in [9.17, 15) is 4.79 Å². The molecule has 1 heterocycles. The van der Waals surface area contributed by atoms with Crippen LogP contribution in [0.25, 0.3) is 0 Å². The van der Waals surface area contributed by atoms with Gasteiger partial charge in [0.25, 0.3) is 0 Å². The maximum atomic E-state index is 11.7. The molecule has 2 rings (SSSR count). The zero-order valence-electron chi connectivity index (χ0n) is 9.82. The highest BCUT2D eigenvalue weighted by molar-refractivity contribution is 6.49. The second kappa shape index (κ2) is 4.20. The van der Waals surface area contributed by atoms with E-state index >= 15 is 0 Å². The molecule has 0 atom stereocenters. The van der Waals surface area contributed by atoms with Crippen molar-refractivity contribution in [1.82, 2.24) is 0 Å². The number of benzene rings is 1. The predicted octanol–water partition coefficient (Wildman–Crippen LogP) is 2.69. The third kappa shape index (κ3) is 2.21. The highest BCUT2D eigenvalue weighted by Gasteiger charge is 2.34. The van der Waals surface area contributed by atoms with Gasteiger partial charge in [-0.05, 0) is 30.5 Å². The Morgan fingerprint density at radius 2 is 2.06 bits per heavy atom. The quantitative estimate of drug-likeness (QED) is 0.716. The number of hydrogen-bond donors (Lipinski definition) is 0. The molecule has 0 bridgehead atoms. The van der Waals surface area contributed by atoms with E-state index in [0.717, 1.165) is 11.9 Å². The molecule has 84 valence electrons. The SMILES string of the molecule is Cc1ccc2c(c1)OB(CC(C)C)OC2=O. The van der Waals surface area contributed by atoms with E-state index in [1.165, 1.54) is 0 Å². The van der Waals surface area contributed by atoms with Crippen LogP contribution in [0.4, 0.5) is 0 Å². The van der Waals surface area contributed by atoms with Gasteiger partial charge in [0.15, 0.2) is 0 Å². The average molecular weight is 218 g/mol. The van der Waals surface area contributed by atoms with Gasteiger partial charge < -0.3 is 9.31 Å². The van der Waals surface area contributed by atoms with Gasteiger partial charge in [-0.3, -0.25) is 0 Å². The minimum atomic E-state index is -0.443. The molecule has 0 fully saturated rings. The molecule has 1 aliphatic rings. The van der Waals surface area contributed by atoms with E-state index in [2.05, 4.69) is 13.8 Å². The topological polar surface area (TPSA) is 35.5 Å². The molecule has 0 saturated carbocycles. The number of carbonyl (C=O) groups is 1. The van der Waals surface area contributed by atoms with Crippen LogP contribution in [0.2, 0.25) is 6.32 Å². The first-order valence-corrected chi connectivity index (χ1v) is 5.54.